The van der Waals surface area contributed by atoms with E-state index < -0.39 is 11.9 Å². The Labute approximate surface area is 177 Å². The van der Waals surface area contributed by atoms with Crippen molar-refractivity contribution in [3.63, 3.8) is 0 Å². The number of hydrazone groups is 1. The van der Waals surface area contributed by atoms with E-state index in [2.05, 4.69) is 20.4 Å². The molecule has 1 unspecified atom stereocenters. The van der Waals surface area contributed by atoms with Gasteiger partial charge in [0.1, 0.15) is 21.8 Å². The molecule has 30 heavy (non-hydrogen) atoms. The summed E-state index contributed by atoms with van der Waals surface area (Å²) in [5.74, 6) is -0.928. The maximum Gasteiger partial charge on any atom is 0.271 e. The van der Waals surface area contributed by atoms with Crippen molar-refractivity contribution in [2.24, 2.45) is 10.8 Å². The van der Waals surface area contributed by atoms with Crippen LogP contribution in [0, 0.1) is 0 Å². The average Bonchev–Trinajstić information content (AvgIpc) is 3.22. The van der Waals surface area contributed by atoms with Gasteiger partial charge in [-0.1, -0.05) is 36.0 Å². The molecule has 0 aliphatic carbocycles. The van der Waals surface area contributed by atoms with Crippen molar-refractivity contribution in [3.05, 3.63) is 73.1 Å². The molecule has 8 nitrogen and oxygen atoms in total. The Hall–Kier alpha value is -3.72. The first-order valence-corrected chi connectivity index (χ1v) is 9.99. The minimum atomic E-state index is -0.708. The van der Waals surface area contributed by atoms with E-state index in [0.29, 0.717) is 16.4 Å². The molecule has 2 amide bonds. The van der Waals surface area contributed by atoms with Crippen molar-refractivity contribution in [2.45, 2.75) is 22.5 Å². The zero-order chi connectivity index (χ0) is 20.9. The SMILES string of the molecule is NC(=O)C1CC(C(=O)Nc2ccnc(Sc3ccccn3)c2)=NN1c1ccccc1. The minimum Gasteiger partial charge on any atom is -0.368 e. The quantitative estimate of drug-likeness (QED) is 0.636. The number of para-hydroxylation sites is 1. The Morgan fingerprint density at radius 3 is 2.50 bits per heavy atom. The predicted molar refractivity (Wildman–Crippen MR) is 115 cm³/mol. The van der Waals surface area contributed by atoms with Gasteiger partial charge in [-0.3, -0.25) is 14.6 Å². The van der Waals surface area contributed by atoms with Gasteiger partial charge in [0.15, 0.2) is 0 Å². The molecule has 0 saturated carbocycles. The van der Waals surface area contributed by atoms with Crippen LogP contribution in [-0.4, -0.2) is 33.5 Å². The molecular formula is C21H18N6O2S. The first kappa shape index (κ1) is 19.6. The maximum absolute atomic E-state index is 12.8. The predicted octanol–water partition coefficient (Wildman–Crippen LogP) is 2.69. The lowest BCUT2D eigenvalue weighted by Crippen LogP contribution is -2.39. The highest BCUT2D eigenvalue weighted by Gasteiger charge is 2.34. The van der Waals surface area contributed by atoms with Crippen LogP contribution in [0.3, 0.4) is 0 Å². The minimum absolute atomic E-state index is 0.136. The fourth-order valence-electron chi connectivity index (χ4n) is 2.95. The number of benzene rings is 1. The lowest BCUT2D eigenvalue weighted by molar-refractivity contribution is -0.119. The summed E-state index contributed by atoms with van der Waals surface area (Å²) in [5.41, 5.74) is 7.04. The van der Waals surface area contributed by atoms with Gasteiger partial charge in [-0.2, -0.15) is 5.10 Å². The van der Waals surface area contributed by atoms with Crippen LogP contribution in [0.5, 0.6) is 0 Å². The summed E-state index contributed by atoms with van der Waals surface area (Å²) in [5, 5.41) is 10.2. The number of rotatable bonds is 6. The second kappa shape index (κ2) is 8.75. The number of nitrogens with two attached hydrogens (primary N) is 1. The summed E-state index contributed by atoms with van der Waals surface area (Å²) in [4.78, 5) is 33.2. The van der Waals surface area contributed by atoms with Gasteiger partial charge in [0, 0.05) is 24.5 Å². The number of hydrogen-bond acceptors (Lipinski definition) is 7. The number of aromatic nitrogens is 2. The number of anilines is 2. The zero-order valence-corrected chi connectivity index (χ0v) is 16.6. The Morgan fingerprint density at radius 2 is 1.77 bits per heavy atom. The van der Waals surface area contributed by atoms with Gasteiger partial charge >= 0.3 is 0 Å². The monoisotopic (exact) mass is 418 g/mol. The molecule has 1 aliphatic rings. The summed E-state index contributed by atoms with van der Waals surface area (Å²) < 4.78 is 0. The smallest absolute Gasteiger partial charge is 0.271 e. The maximum atomic E-state index is 12.8. The molecule has 9 heteroatoms. The number of primary amides is 1. The number of nitrogens with one attached hydrogen (secondary N) is 1. The molecule has 3 aromatic rings. The highest BCUT2D eigenvalue weighted by Crippen LogP contribution is 2.27. The van der Waals surface area contributed by atoms with Gasteiger partial charge in [-0.05, 0) is 36.4 Å². The molecule has 0 spiro atoms. The zero-order valence-electron chi connectivity index (χ0n) is 15.8. The number of carbonyl (C=O) groups is 2. The number of pyridine rings is 2. The fourth-order valence-corrected chi connectivity index (χ4v) is 3.72. The second-order valence-electron chi connectivity index (χ2n) is 6.46. The molecule has 0 fully saturated rings. The summed E-state index contributed by atoms with van der Waals surface area (Å²) in [7, 11) is 0. The summed E-state index contributed by atoms with van der Waals surface area (Å²) >= 11 is 1.39. The summed E-state index contributed by atoms with van der Waals surface area (Å²) in [6.45, 7) is 0. The van der Waals surface area contributed by atoms with Crippen LogP contribution in [0.15, 0.2) is 88.2 Å². The molecule has 0 saturated heterocycles. The Kier molecular flexibility index (Phi) is 5.71. The third-order valence-corrected chi connectivity index (χ3v) is 5.24. The molecule has 1 atom stereocenters. The Bertz CT molecular complexity index is 1090. The van der Waals surface area contributed by atoms with Gasteiger partial charge in [0.2, 0.25) is 5.91 Å². The van der Waals surface area contributed by atoms with E-state index in [1.165, 1.54) is 16.8 Å². The van der Waals surface area contributed by atoms with Crippen LogP contribution in [0.4, 0.5) is 11.4 Å². The van der Waals surface area contributed by atoms with Crippen LogP contribution in [-0.2, 0) is 9.59 Å². The van der Waals surface area contributed by atoms with Crippen molar-refractivity contribution in [1.82, 2.24) is 9.97 Å². The molecule has 3 N–H and O–H groups in total. The standard InChI is InChI=1S/C21H18N6O2S/c22-20(28)17-13-16(26-27(17)15-6-2-1-3-7-15)21(29)25-14-9-11-24-19(12-14)30-18-8-4-5-10-23-18/h1-12,17H,13H2,(H2,22,28)(H,24,25,29). The van der Waals surface area contributed by atoms with Gasteiger partial charge in [-0.25, -0.2) is 9.97 Å². The van der Waals surface area contributed by atoms with Crippen molar-refractivity contribution in [2.75, 3.05) is 10.3 Å². The fraction of sp³-hybridized carbons (Fsp3) is 0.0952. The molecule has 150 valence electrons. The van der Waals surface area contributed by atoms with Crippen molar-refractivity contribution >= 4 is 40.7 Å². The van der Waals surface area contributed by atoms with E-state index in [1.54, 1.807) is 24.5 Å². The van der Waals surface area contributed by atoms with E-state index in [0.717, 1.165) is 5.03 Å². The largest absolute Gasteiger partial charge is 0.368 e. The first-order valence-electron chi connectivity index (χ1n) is 9.17. The topological polar surface area (TPSA) is 114 Å². The van der Waals surface area contributed by atoms with E-state index in [-0.39, 0.29) is 18.0 Å². The number of hydrogen-bond donors (Lipinski definition) is 2. The summed E-state index contributed by atoms with van der Waals surface area (Å²) in [6, 6.07) is 17.5. The third kappa shape index (κ3) is 4.47. The van der Waals surface area contributed by atoms with Crippen LogP contribution >= 0.6 is 11.8 Å². The van der Waals surface area contributed by atoms with E-state index in [9.17, 15) is 9.59 Å². The number of carbonyl (C=O) groups excluding carboxylic acids is 2. The van der Waals surface area contributed by atoms with Gasteiger partial charge in [0.05, 0.1) is 5.69 Å². The molecule has 0 radical (unpaired) electrons. The molecule has 0 bridgehead atoms. The van der Waals surface area contributed by atoms with Crippen molar-refractivity contribution in [3.8, 4) is 0 Å². The van der Waals surface area contributed by atoms with Crippen LogP contribution in [0.25, 0.3) is 0 Å². The molecule has 4 rings (SSSR count). The molecule has 1 aromatic carbocycles. The number of amides is 2. The number of nitrogens with zero attached hydrogens (tertiary/aromatic N) is 4. The van der Waals surface area contributed by atoms with E-state index in [1.807, 2.05) is 48.5 Å². The Balaban J connectivity index is 1.50. The van der Waals surface area contributed by atoms with Gasteiger partial charge < -0.3 is 11.1 Å². The highest BCUT2D eigenvalue weighted by atomic mass is 32.2. The van der Waals surface area contributed by atoms with Crippen LogP contribution in [0.2, 0.25) is 0 Å². The van der Waals surface area contributed by atoms with Gasteiger partial charge in [0.25, 0.3) is 5.91 Å². The lowest BCUT2D eigenvalue weighted by atomic mass is 10.1. The molecule has 2 aromatic heterocycles. The third-order valence-electron chi connectivity index (χ3n) is 4.36. The Morgan fingerprint density at radius 1 is 1.00 bits per heavy atom. The first-order chi connectivity index (χ1) is 14.6. The van der Waals surface area contributed by atoms with E-state index >= 15 is 0 Å². The van der Waals surface area contributed by atoms with Crippen molar-refractivity contribution in [1.29, 1.82) is 0 Å². The van der Waals surface area contributed by atoms with E-state index in [4.69, 9.17) is 5.73 Å². The second-order valence-corrected chi connectivity index (χ2v) is 7.50. The van der Waals surface area contributed by atoms with Gasteiger partial charge in [-0.15, -0.1) is 0 Å². The van der Waals surface area contributed by atoms with Crippen molar-refractivity contribution < 1.29 is 9.59 Å². The van der Waals surface area contributed by atoms with Crippen LogP contribution in [0.1, 0.15) is 6.42 Å². The molecule has 1 aliphatic heterocycles. The average molecular weight is 418 g/mol. The molecular weight excluding hydrogens is 400 g/mol. The van der Waals surface area contributed by atoms with Crippen LogP contribution < -0.4 is 16.1 Å². The summed E-state index contributed by atoms with van der Waals surface area (Å²) in [6.07, 6.45) is 3.45. The highest BCUT2D eigenvalue weighted by molar-refractivity contribution is 7.99. The lowest BCUT2D eigenvalue weighted by Gasteiger charge is -2.20. The normalized spacial score (nSPS) is 15.5. The molecule has 3 heterocycles.